The van der Waals surface area contributed by atoms with Crippen molar-refractivity contribution in [3.8, 4) is 22.6 Å². The Labute approximate surface area is 202 Å². The quantitative estimate of drug-likeness (QED) is 0.275. The molecule has 0 radical (unpaired) electrons. The van der Waals surface area contributed by atoms with Crippen LogP contribution in [0.5, 0.6) is 11.5 Å². The van der Waals surface area contributed by atoms with Crippen LogP contribution in [0.25, 0.3) is 17.2 Å². The van der Waals surface area contributed by atoms with Crippen molar-refractivity contribution in [2.24, 2.45) is 0 Å². The van der Waals surface area contributed by atoms with Gasteiger partial charge in [-0.3, -0.25) is 4.79 Å². The van der Waals surface area contributed by atoms with Crippen LogP contribution in [-0.2, 0) is 9.53 Å². The molecule has 2 aromatic carbocycles. The first-order valence-electron chi connectivity index (χ1n) is 10.9. The lowest BCUT2D eigenvalue weighted by Crippen LogP contribution is -2.12. The van der Waals surface area contributed by atoms with E-state index in [4.69, 9.17) is 14.2 Å². The van der Waals surface area contributed by atoms with Crippen LogP contribution in [0.2, 0.25) is 0 Å². The van der Waals surface area contributed by atoms with Gasteiger partial charge in [-0.05, 0) is 62.2 Å². The zero-order valence-electron chi connectivity index (χ0n) is 19.2. The Morgan fingerprint density at radius 2 is 1.68 bits per heavy atom. The molecule has 0 unspecified atom stereocenters. The van der Waals surface area contributed by atoms with E-state index in [9.17, 15) is 14.0 Å². The van der Waals surface area contributed by atoms with Crippen molar-refractivity contribution in [2.45, 2.75) is 20.8 Å². The van der Waals surface area contributed by atoms with Crippen LogP contribution in [0.1, 0.15) is 36.7 Å². The lowest BCUT2D eigenvalue weighted by atomic mass is 10.0. The van der Waals surface area contributed by atoms with E-state index in [-0.39, 0.29) is 18.0 Å². The highest BCUT2D eigenvalue weighted by Crippen LogP contribution is 2.36. The fourth-order valence-corrected chi connectivity index (χ4v) is 4.15. The van der Waals surface area contributed by atoms with Crippen LogP contribution in [0, 0.1) is 5.82 Å². The summed E-state index contributed by atoms with van der Waals surface area (Å²) in [5.41, 5.74) is 2.20. The molecule has 3 rings (SSSR count). The van der Waals surface area contributed by atoms with Gasteiger partial charge in [0.2, 0.25) is 5.91 Å². The lowest BCUT2D eigenvalue weighted by Gasteiger charge is -2.11. The van der Waals surface area contributed by atoms with E-state index in [1.165, 1.54) is 29.5 Å². The molecule has 6 nitrogen and oxygen atoms in total. The molecule has 0 saturated carbocycles. The maximum absolute atomic E-state index is 13.3. The van der Waals surface area contributed by atoms with Gasteiger partial charge < -0.3 is 19.5 Å². The van der Waals surface area contributed by atoms with Gasteiger partial charge in [-0.1, -0.05) is 18.2 Å². The Balaban J connectivity index is 1.83. The average Bonchev–Trinajstić information content (AvgIpc) is 3.23. The molecular formula is C26H26FNO5S. The van der Waals surface area contributed by atoms with Gasteiger partial charge in [-0.15, -0.1) is 11.3 Å². The molecular weight excluding hydrogens is 457 g/mol. The molecule has 0 aliphatic rings. The highest BCUT2D eigenvalue weighted by Gasteiger charge is 2.22. The maximum atomic E-state index is 13.3. The van der Waals surface area contributed by atoms with Crippen molar-refractivity contribution in [1.29, 1.82) is 0 Å². The predicted molar refractivity (Wildman–Crippen MR) is 132 cm³/mol. The second kappa shape index (κ2) is 12.0. The van der Waals surface area contributed by atoms with Crippen molar-refractivity contribution in [3.05, 3.63) is 70.9 Å². The number of esters is 1. The van der Waals surface area contributed by atoms with E-state index in [1.807, 2.05) is 19.9 Å². The average molecular weight is 484 g/mol. The minimum absolute atomic E-state index is 0.185. The first-order chi connectivity index (χ1) is 16.5. The monoisotopic (exact) mass is 483 g/mol. The van der Waals surface area contributed by atoms with Crippen molar-refractivity contribution >= 4 is 34.3 Å². The molecule has 1 aromatic heterocycles. The summed E-state index contributed by atoms with van der Waals surface area (Å²) >= 11 is 1.20. The second-order valence-electron chi connectivity index (χ2n) is 6.98. The summed E-state index contributed by atoms with van der Waals surface area (Å²) in [4.78, 5) is 25.3. The molecule has 0 aliphatic heterocycles. The van der Waals surface area contributed by atoms with Gasteiger partial charge in [0.1, 0.15) is 16.4 Å². The molecule has 0 spiro atoms. The molecule has 34 heavy (non-hydrogen) atoms. The topological polar surface area (TPSA) is 73.9 Å². The first-order valence-corrected chi connectivity index (χ1v) is 11.8. The second-order valence-corrected chi connectivity index (χ2v) is 7.86. The number of benzene rings is 2. The molecule has 1 heterocycles. The van der Waals surface area contributed by atoms with Gasteiger partial charge in [0.15, 0.2) is 11.5 Å². The van der Waals surface area contributed by atoms with Crippen molar-refractivity contribution < 1.29 is 28.2 Å². The minimum atomic E-state index is -0.560. The molecule has 0 aliphatic carbocycles. The predicted octanol–water partition coefficient (Wildman–Crippen LogP) is 6.18. The van der Waals surface area contributed by atoms with E-state index in [1.54, 1.807) is 42.6 Å². The van der Waals surface area contributed by atoms with E-state index in [0.717, 1.165) is 5.56 Å². The Morgan fingerprint density at radius 1 is 0.971 bits per heavy atom. The van der Waals surface area contributed by atoms with Crippen molar-refractivity contribution in [3.63, 3.8) is 0 Å². The third-order valence-corrected chi connectivity index (χ3v) is 5.55. The number of hydrogen-bond acceptors (Lipinski definition) is 6. The van der Waals surface area contributed by atoms with Crippen LogP contribution in [-0.4, -0.2) is 31.7 Å². The molecule has 0 atom stereocenters. The third-order valence-electron chi connectivity index (χ3n) is 4.66. The zero-order valence-corrected chi connectivity index (χ0v) is 20.0. The first kappa shape index (κ1) is 25.0. The number of ether oxygens (including phenoxy) is 3. The minimum Gasteiger partial charge on any atom is -0.490 e. The summed E-state index contributed by atoms with van der Waals surface area (Å²) in [5, 5.41) is 4.85. The van der Waals surface area contributed by atoms with Gasteiger partial charge in [-0.2, -0.15) is 0 Å². The summed E-state index contributed by atoms with van der Waals surface area (Å²) in [6.07, 6.45) is 3.02. The standard InChI is InChI=1S/C26H26FNO5S/c1-4-31-21-13-7-17(15-22(21)32-5-2)8-14-23(29)28-25-24(26(30)33-6-3)20(16-34-25)18-9-11-19(27)12-10-18/h7-16H,4-6H2,1-3H3,(H,28,29). The van der Waals surface area contributed by atoms with E-state index in [2.05, 4.69) is 5.32 Å². The van der Waals surface area contributed by atoms with Crippen molar-refractivity contribution in [1.82, 2.24) is 0 Å². The van der Waals surface area contributed by atoms with E-state index in [0.29, 0.717) is 40.8 Å². The SMILES string of the molecule is CCOC(=O)c1c(-c2ccc(F)cc2)csc1NC(=O)C=Cc1ccc(OCC)c(OCC)c1. The molecule has 0 fully saturated rings. The van der Waals surface area contributed by atoms with Gasteiger partial charge in [-0.25, -0.2) is 9.18 Å². The molecule has 1 amide bonds. The Kier molecular flexibility index (Phi) is 8.81. The van der Waals surface area contributed by atoms with Gasteiger partial charge in [0.25, 0.3) is 0 Å². The van der Waals surface area contributed by atoms with Crippen LogP contribution >= 0.6 is 11.3 Å². The Morgan fingerprint density at radius 3 is 2.35 bits per heavy atom. The van der Waals surface area contributed by atoms with Gasteiger partial charge in [0.05, 0.1) is 19.8 Å². The fraction of sp³-hybridized carbons (Fsp3) is 0.231. The van der Waals surface area contributed by atoms with E-state index >= 15 is 0 Å². The van der Waals surface area contributed by atoms with Crippen LogP contribution < -0.4 is 14.8 Å². The van der Waals surface area contributed by atoms with E-state index < -0.39 is 11.9 Å². The Hall–Kier alpha value is -3.65. The highest BCUT2D eigenvalue weighted by molar-refractivity contribution is 7.15. The molecule has 1 N–H and O–H groups in total. The number of anilines is 1. The normalized spacial score (nSPS) is 10.8. The molecule has 0 saturated heterocycles. The van der Waals surface area contributed by atoms with Gasteiger partial charge in [0, 0.05) is 17.0 Å². The zero-order chi connectivity index (χ0) is 24.5. The fourth-order valence-electron chi connectivity index (χ4n) is 3.19. The summed E-state index contributed by atoms with van der Waals surface area (Å²) in [6.45, 7) is 6.67. The van der Waals surface area contributed by atoms with Crippen LogP contribution in [0.15, 0.2) is 53.9 Å². The number of thiophene rings is 1. The van der Waals surface area contributed by atoms with Crippen molar-refractivity contribution in [2.75, 3.05) is 25.1 Å². The molecule has 0 bridgehead atoms. The summed E-state index contributed by atoms with van der Waals surface area (Å²) in [6, 6.07) is 11.2. The summed E-state index contributed by atoms with van der Waals surface area (Å²) in [7, 11) is 0. The lowest BCUT2D eigenvalue weighted by molar-refractivity contribution is -0.111. The number of carbonyl (C=O) groups excluding carboxylic acids is 2. The summed E-state index contributed by atoms with van der Waals surface area (Å²) < 4.78 is 29.7. The van der Waals surface area contributed by atoms with Crippen LogP contribution in [0.4, 0.5) is 9.39 Å². The third kappa shape index (κ3) is 6.23. The summed E-state index contributed by atoms with van der Waals surface area (Å²) in [5.74, 6) is -0.118. The molecule has 3 aromatic rings. The smallest absolute Gasteiger partial charge is 0.341 e. The number of amides is 1. The number of halogens is 1. The number of rotatable bonds is 10. The molecule has 178 valence electrons. The number of carbonyl (C=O) groups is 2. The van der Waals surface area contributed by atoms with Gasteiger partial charge >= 0.3 is 5.97 Å². The van der Waals surface area contributed by atoms with Crippen LogP contribution in [0.3, 0.4) is 0 Å². The Bertz CT molecular complexity index is 1170. The number of nitrogens with one attached hydrogen (secondary N) is 1. The largest absolute Gasteiger partial charge is 0.490 e. The maximum Gasteiger partial charge on any atom is 0.341 e. The highest BCUT2D eigenvalue weighted by atomic mass is 32.1. The number of hydrogen-bond donors (Lipinski definition) is 1. The molecule has 8 heteroatoms.